The first-order chi connectivity index (χ1) is 15.5. The molecular weight excluding hydrogens is 406 g/mol. The number of anilines is 3. The van der Waals surface area contributed by atoms with Crippen LogP contribution in [0.2, 0.25) is 0 Å². The Morgan fingerprint density at radius 3 is 2.50 bits per heavy atom. The predicted molar refractivity (Wildman–Crippen MR) is 121 cm³/mol. The lowest BCUT2D eigenvalue weighted by atomic mass is 9.91. The van der Waals surface area contributed by atoms with E-state index in [1.54, 1.807) is 49.4 Å². The molecule has 1 atom stereocenters. The van der Waals surface area contributed by atoms with Gasteiger partial charge in [0, 0.05) is 22.6 Å². The number of carbonyl (C=O) groups excluding carboxylic acids is 3. The van der Waals surface area contributed by atoms with Gasteiger partial charge in [-0.3, -0.25) is 14.5 Å². The van der Waals surface area contributed by atoms with Crippen molar-refractivity contribution >= 4 is 34.8 Å². The number of hydrogen-bond acceptors (Lipinski definition) is 5. The second kappa shape index (κ2) is 7.23. The van der Waals surface area contributed by atoms with Crippen molar-refractivity contribution in [2.24, 2.45) is 0 Å². The highest BCUT2D eigenvalue weighted by molar-refractivity contribution is 6.22. The van der Waals surface area contributed by atoms with E-state index in [-0.39, 0.29) is 18.4 Å². The number of ether oxygens (including phenoxy) is 1. The van der Waals surface area contributed by atoms with E-state index < -0.39 is 11.6 Å². The highest BCUT2D eigenvalue weighted by atomic mass is 16.5. The molecule has 0 fully saturated rings. The molecule has 3 aromatic carbocycles. The average molecular weight is 427 g/mol. The highest BCUT2D eigenvalue weighted by Crippen LogP contribution is 2.47. The maximum atomic E-state index is 13.8. The topological polar surface area (TPSA) is 87.7 Å². The minimum absolute atomic E-state index is 0.269. The van der Waals surface area contributed by atoms with Gasteiger partial charge in [-0.2, -0.15) is 0 Å². The third kappa shape index (κ3) is 2.78. The summed E-state index contributed by atoms with van der Waals surface area (Å²) in [4.78, 5) is 40.8. The molecule has 3 aromatic rings. The van der Waals surface area contributed by atoms with Crippen LogP contribution in [0.5, 0.6) is 0 Å². The fraction of sp³-hybridized carbons (Fsp3) is 0.160. The van der Waals surface area contributed by atoms with E-state index in [4.69, 9.17) is 4.74 Å². The fourth-order valence-corrected chi connectivity index (χ4v) is 4.32. The second-order valence-corrected chi connectivity index (χ2v) is 7.79. The van der Waals surface area contributed by atoms with E-state index in [2.05, 4.69) is 10.6 Å². The van der Waals surface area contributed by atoms with E-state index >= 15 is 0 Å². The second-order valence-electron chi connectivity index (χ2n) is 7.79. The summed E-state index contributed by atoms with van der Waals surface area (Å²) in [5.74, 6) is -1.11. The van der Waals surface area contributed by atoms with Gasteiger partial charge >= 0.3 is 5.97 Å². The van der Waals surface area contributed by atoms with Crippen LogP contribution in [0, 0.1) is 6.92 Å². The SMILES string of the molecule is CCOC(=O)c1ccc(N2C(=O)c3ccccc3NC23C(=O)Nc2ccc(C)cc23)cc1. The van der Waals surface area contributed by atoms with Crippen molar-refractivity contribution < 1.29 is 19.1 Å². The molecule has 0 saturated heterocycles. The molecule has 0 aromatic heterocycles. The van der Waals surface area contributed by atoms with Crippen molar-refractivity contribution in [3.8, 4) is 0 Å². The Bertz CT molecular complexity index is 1270. The number of carbonyl (C=O) groups is 3. The number of nitrogens with zero attached hydrogens (tertiary/aromatic N) is 1. The zero-order valence-corrected chi connectivity index (χ0v) is 17.6. The first-order valence-electron chi connectivity index (χ1n) is 10.4. The molecule has 7 heteroatoms. The van der Waals surface area contributed by atoms with Crippen LogP contribution in [0.15, 0.2) is 66.7 Å². The quantitative estimate of drug-likeness (QED) is 0.616. The summed E-state index contributed by atoms with van der Waals surface area (Å²) in [5, 5.41) is 6.26. The van der Waals surface area contributed by atoms with Crippen LogP contribution in [-0.4, -0.2) is 24.4 Å². The minimum atomic E-state index is -1.46. The van der Waals surface area contributed by atoms with Crippen molar-refractivity contribution in [3.05, 3.63) is 89.0 Å². The molecule has 0 saturated carbocycles. The normalized spacial score (nSPS) is 18.6. The van der Waals surface area contributed by atoms with Gasteiger partial charge in [-0.05, 0) is 62.4 Å². The highest BCUT2D eigenvalue weighted by Gasteiger charge is 2.57. The summed E-state index contributed by atoms with van der Waals surface area (Å²) in [6.07, 6.45) is 0. The van der Waals surface area contributed by atoms with Gasteiger partial charge < -0.3 is 15.4 Å². The van der Waals surface area contributed by atoms with Crippen molar-refractivity contribution in [3.63, 3.8) is 0 Å². The Balaban J connectivity index is 1.71. The average Bonchev–Trinajstić information content (AvgIpc) is 3.05. The van der Waals surface area contributed by atoms with E-state index in [0.717, 1.165) is 5.56 Å². The van der Waals surface area contributed by atoms with Gasteiger partial charge in [-0.1, -0.05) is 23.8 Å². The first kappa shape index (κ1) is 19.8. The number of para-hydroxylation sites is 1. The molecule has 160 valence electrons. The van der Waals surface area contributed by atoms with Crippen molar-refractivity contribution in [2.75, 3.05) is 22.1 Å². The number of amides is 2. The van der Waals surface area contributed by atoms with Crippen molar-refractivity contribution in [1.29, 1.82) is 0 Å². The van der Waals surface area contributed by atoms with Crippen LogP contribution in [0.25, 0.3) is 0 Å². The third-order valence-corrected chi connectivity index (χ3v) is 5.79. The summed E-state index contributed by atoms with van der Waals surface area (Å²) in [5.41, 5.74) is 2.71. The van der Waals surface area contributed by atoms with Gasteiger partial charge in [0.15, 0.2) is 0 Å². The zero-order valence-electron chi connectivity index (χ0n) is 17.6. The summed E-state index contributed by atoms with van der Waals surface area (Å²) < 4.78 is 5.05. The molecule has 0 radical (unpaired) electrons. The molecular formula is C25H21N3O4. The smallest absolute Gasteiger partial charge is 0.338 e. The van der Waals surface area contributed by atoms with Gasteiger partial charge in [0.2, 0.25) is 5.66 Å². The third-order valence-electron chi connectivity index (χ3n) is 5.79. The van der Waals surface area contributed by atoms with Gasteiger partial charge in [0.25, 0.3) is 11.8 Å². The van der Waals surface area contributed by atoms with E-state index in [1.165, 1.54) is 4.90 Å². The molecule has 1 spiro atoms. The lowest BCUT2D eigenvalue weighted by Crippen LogP contribution is -2.61. The van der Waals surface area contributed by atoms with Gasteiger partial charge in [-0.15, -0.1) is 0 Å². The molecule has 7 nitrogen and oxygen atoms in total. The molecule has 32 heavy (non-hydrogen) atoms. The Labute approximate surface area is 185 Å². The van der Waals surface area contributed by atoms with Crippen LogP contribution in [-0.2, 0) is 15.2 Å². The predicted octanol–water partition coefficient (Wildman–Crippen LogP) is 4.05. The van der Waals surface area contributed by atoms with Crippen LogP contribution < -0.4 is 15.5 Å². The summed E-state index contributed by atoms with van der Waals surface area (Å²) in [6, 6.07) is 19.3. The molecule has 2 aliphatic rings. The number of nitrogens with one attached hydrogen (secondary N) is 2. The molecule has 2 aliphatic heterocycles. The summed E-state index contributed by atoms with van der Waals surface area (Å²) >= 11 is 0. The summed E-state index contributed by atoms with van der Waals surface area (Å²) in [7, 11) is 0. The Morgan fingerprint density at radius 2 is 1.75 bits per heavy atom. The number of fused-ring (bicyclic) bond motifs is 3. The lowest BCUT2D eigenvalue weighted by molar-refractivity contribution is -0.119. The Kier molecular flexibility index (Phi) is 4.48. The Hall–Kier alpha value is -4.13. The van der Waals surface area contributed by atoms with E-state index in [1.807, 2.05) is 31.2 Å². The fourth-order valence-electron chi connectivity index (χ4n) is 4.32. The molecule has 1 unspecified atom stereocenters. The maximum absolute atomic E-state index is 13.8. The largest absolute Gasteiger partial charge is 0.462 e. The molecule has 2 N–H and O–H groups in total. The number of benzene rings is 3. The maximum Gasteiger partial charge on any atom is 0.338 e. The van der Waals surface area contributed by atoms with Crippen LogP contribution in [0.4, 0.5) is 17.1 Å². The van der Waals surface area contributed by atoms with Gasteiger partial charge in [0.05, 0.1) is 17.7 Å². The summed E-state index contributed by atoms with van der Waals surface area (Å²) in [6.45, 7) is 3.95. The monoisotopic (exact) mass is 427 g/mol. The molecule has 5 rings (SSSR count). The molecule has 0 aliphatic carbocycles. The van der Waals surface area contributed by atoms with Crippen LogP contribution >= 0.6 is 0 Å². The van der Waals surface area contributed by atoms with Gasteiger partial charge in [0.1, 0.15) is 0 Å². The number of hydrogen-bond donors (Lipinski definition) is 2. The van der Waals surface area contributed by atoms with Crippen LogP contribution in [0.3, 0.4) is 0 Å². The molecule has 2 amide bonds. The molecule has 0 bridgehead atoms. The number of rotatable bonds is 3. The standard InChI is InChI=1S/C25H21N3O4/c1-3-32-23(30)16-9-11-17(12-10-16)28-22(29)18-6-4-5-7-20(18)27-25(28)19-14-15(2)8-13-21(19)26-24(25)31/h4-14,27H,3H2,1-2H3,(H,26,31). The Morgan fingerprint density at radius 1 is 1.00 bits per heavy atom. The number of aryl methyl sites for hydroxylation is 1. The lowest BCUT2D eigenvalue weighted by Gasteiger charge is -2.44. The zero-order chi connectivity index (χ0) is 22.5. The van der Waals surface area contributed by atoms with E-state index in [0.29, 0.717) is 33.8 Å². The van der Waals surface area contributed by atoms with Crippen molar-refractivity contribution in [1.82, 2.24) is 0 Å². The van der Waals surface area contributed by atoms with Crippen LogP contribution in [0.1, 0.15) is 38.8 Å². The molecule has 2 heterocycles. The van der Waals surface area contributed by atoms with Crippen molar-refractivity contribution in [2.45, 2.75) is 19.5 Å². The first-order valence-corrected chi connectivity index (χ1v) is 10.4. The van der Waals surface area contributed by atoms with Gasteiger partial charge in [-0.25, -0.2) is 4.79 Å². The van der Waals surface area contributed by atoms with E-state index in [9.17, 15) is 14.4 Å². The minimum Gasteiger partial charge on any atom is -0.462 e. The number of esters is 1.